The van der Waals surface area contributed by atoms with Gasteiger partial charge in [0.2, 0.25) is 0 Å². The standard InChI is InChI=1S/C17H20N2O/c1-3-19(16-11-5-4-6-12-16)17(20)18-13-15-10-8-7-9-14(15)2/h4-12H,3,13H2,1-2H3,(H,18,20). The highest BCUT2D eigenvalue weighted by Crippen LogP contribution is 2.13. The highest BCUT2D eigenvalue weighted by Gasteiger charge is 2.12. The molecule has 0 unspecified atom stereocenters. The first-order chi connectivity index (χ1) is 9.72. The van der Waals surface area contributed by atoms with Crippen molar-refractivity contribution in [3.63, 3.8) is 0 Å². The molecular formula is C17H20N2O. The number of nitrogens with one attached hydrogen (secondary N) is 1. The number of amides is 2. The van der Waals surface area contributed by atoms with Crippen molar-refractivity contribution in [3.05, 3.63) is 65.7 Å². The van der Waals surface area contributed by atoms with Gasteiger partial charge in [-0.2, -0.15) is 0 Å². The van der Waals surface area contributed by atoms with Crippen LogP contribution in [0, 0.1) is 6.92 Å². The van der Waals surface area contributed by atoms with Crippen LogP contribution in [0.15, 0.2) is 54.6 Å². The number of nitrogens with zero attached hydrogens (tertiary/aromatic N) is 1. The minimum atomic E-state index is -0.0676. The Morgan fingerprint density at radius 2 is 1.70 bits per heavy atom. The summed E-state index contributed by atoms with van der Waals surface area (Å²) >= 11 is 0. The van der Waals surface area contributed by atoms with Crippen molar-refractivity contribution >= 4 is 11.7 Å². The number of hydrogen-bond acceptors (Lipinski definition) is 1. The normalized spacial score (nSPS) is 10.1. The molecule has 2 aromatic carbocycles. The van der Waals surface area contributed by atoms with Gasteiger partial charge in [-0.3, -0.25) is 4.90 Å². The van der Waals surface area contributed by atoms with Crippen molar-refractivity contribution in [1.82, 2.24) is 5.32 Å². The van der Waals surface area contributed by atoms with E-state index < -0.39 is 0 Å². The van der Waals surface area contributed by atoms with Crippen LogP contribution >= 0.6 is 0 Å². The zero-order chi connectivity index (χ0) is 14.4. The second-order valence-corrected chi connectivity index (χ2v) is 4.66. The largest absolute Gasteiger partial charge is 0.334 e. The van der Waals surface area contributed by atoms with Gasteiger partial charge in [0.05, 0.1) is 0 Å². The number of hydrogen-bond donors (Lipinski definition) is 1. The van der Waals surface area contributed by atoms with Crippen molar-refractivity contribution in [3.8, 4) is 0 Å². The van der Waals surface area contributed by atoms with Crippen LogP contribution in [0.5, 0.6) is 0 Å². The molecule has 0 fully saturated rings. The van der Waals surface area contributed by atoms with Gasteiger partial charge < -0.3 is 5.32 Å². The van der Waals surface area contributed by atoms with Crippen LogP contribution in [0.25, 0.3) is 0 Å². The van der Waals surface area contributed by atoms with Crippen molar-refractivity contribution in [1.29, 1.82) is 0 Å². The van der Waals surface area contributed by atoms with Gasteiger partial charge in [0, 0.05) is 18.8 Å². The Labute approximate surface area is 120 Å². The average molecular weight is 268 g/mol. The van der Waals surface area contributed by atoms with Crippen LogP contribution in [0.3, 0.4) is 0 Å². The topological polar surface area (TPSA) is 32.3 Å². The number of anilines is 1. The summed E-state index contributed by atoms with van der Waals surface area (Å²) in [6.07, 6.45) is 0. The molecule has 0 spiro atoms. The molecular weight excluding hydrogens is 248 g/mol. The van der Waals surface area contributed by atoms with E-state index in [0.717, 1.165) is 11.3 Å². The van der Waals surface area contributed by atoms with E-state index in [1.165, 1.54) is 5.56 Å². The fourth-order valence-electron chi connectivity index (χ4n) is 2.13. The SMILES string of the molecule is CCN(C(=O)NCc1ccccc1C)c1ccccc1. The number of carbonyl (C=O) groups is 1. The van der Waals surface area contributed by atoms with E-state index in [9.17, 15) is 4.79 Å². The molecule has 104 valence electrons. The van der Waals surface area contributed by atoms with Crippen LogP contribution < -0.4 is 10.2 Å². The van der Waals surface area contributed by atoms with Gasteiger partial charge in [0.1, 0.15) is 0 Å². The minimum absolute atomic E-state index is 0.0676. The first-order valence-electron chi connectivity index (χ1n) is 6.87. The van der Waals surface area contributed by atoms with E-state index in [4.69, 9.17) is 0 Å². The third-order valence-electron chi connectivity index (χ3n) is 3.32. The molecule has 0 atom stereocenters. The Morgan fingerprint density at radius 1 is 1.05 bits per heavy atom. The highest BCUT2D eigenvalue weighted by atomic mass is 16.2. The molecule has 1 N–H and O–H groups in total. The third kappa shape index (κ3) is 3.38. The van der Waals surface area contributed by atoms with E-state index in [1.54, 1.807) is 4.90 Å². The van der Waals surface area contributed by atoms with E-state index >= 15 is 0 Å². The molecule has 0 aromatic heterocycles. The van der Waals surface area contributed by atoms with E-state index in [2.05, 4.69) is 18.3 Å². The van der Waals surface area contributed by atoms with Gasteiger partial charge in [0.25, 0.3) is 0 Å². The quantitative estimate of drug-likeness (QED) is 0.900. The predicted octanol–water partition coefficient (Wildman–Crippen LogP) is 3.73. The second-order valence-electron chi connectivity index (χ2n) is 4.66. The molecule has 0 bridgehead atoms. The molecule has 2 rings (SSSR count). The maximum atomic E-state index is 12.3. The van der Waals surface area contributed by atoms with E-state index in [1.807, 2.05) is 55.5 Å². The maximum Gasteiger partial charge on any atom is 0.322 e. The van der Waals surface area contributed by atoms with Crippen LogP contribution in [0.1, 0.15) is 18.1 Å². The zero-order valence-corrected chi connectivity index (χ0v) is 12.0. The highest BCUT2D eigenvalue weighted by molar-refractivity contribution is 5.91. The Morgan fingerprint density at radius 3 is 2.35 bits per heavy atom. The summed E-state index contributed by atoms with van der Waals surface area (Å²) in [5, 5.41) is 2.98. The van der Waals surface area contributed by atoms with Gasteiger partial charge in [-0.15, -0.1) is 0 Å². The summed E-state index contributed by atoms with van der Waals surface area (Å²) in [5.41, 5.74) is 3.25. The smallest absolute Gasteiger partial charge is 0.322 e. The maximum absolute atomic E-state index is 12.3. The van der Waals surface area contributed by atoms with Gasteiger partial charge in [-0.25, -0.2) is 4.79 Å². The lowest BCUT2D eigenvalue weighted by atomic mass is 10.1. The summed E-state index contributed by atoms with van der Waals surface area (Å²) in [6, 6.07) is 17.7. The Bertz CT molecular complexity index is 566. The number of para-hydroxylation sites is 1. The molecule has 0 saturated heterocycles. The summed E-state index contributed by atoms with van der Waals surface area (Å²) in [6.45, 7) is 5.22. The number of benzene rings is 2. The molecule has 2 aromatic rings. The fourth-order valence-corrected chi connectivity index (χ4v) is 2.13. The number of carbonyl (C=O) groups excluding carboxylic acids is 1. The summed E-state index contributed by atoms with van der Waals surface area (Å²) in [4.78, 5) is 14.0. The Kier molecular flexibility index (Phi) is 4.77. The number of aryl methyl sites for hydroxylation is 1. The van der Waals surface area contributed by atoms with Crippen LogP contribution in [0.4, 0.5) is 10.5 Å². The molecule has 0 aliphatic heterocycles. The second kappa shape index (κ2) is 6.75. The molecule has 3 heteroatoms. The predicted molar refractivity (Wildman–Crippen MR) is 82.9 cm³/mol. The Hall–Kier alpha value is -2.29. The van der Waals surface area contributed by atoms with E-state index in [0.29, 0.717) is 13.1 Å². The van der Waals surface area contributed by atoms with Crippen molar-refractivity contribution in [2.24, 2.45) is 0 Å². The molecule has 0 aliphatic rings. The molecule has 20 heavy (non-hydrogen) atoms. The third-order valence-corrected chi connectivity index (χ3v) is 3.32. The van der Waals surface area contributed by atoms with Gasteiger partial charge in [0.15, 0.2) is 0 Å². The molecule has 2 amide bonds. The number of rotatable bonds is 4. The summed E-state index contributed by atoms with van der Waals surface area (Å²) < 4.78 is 0. The van der Waals surface area contributed by atoms with Crippen LogP contribution in [-0.4, -0.2) is 12.6 Å². The van der Waals surface area contributed by atoms with Gasteiger partial charge in [-0.1, -0.05) is 42.5 Å². The van der Waals surface area contributed by atoms with Crippen LogP contribution in [0.2, 0.25) is 0 Å². The lowest BCUT2D eigenvalue weighted by Crippen LogP contribution is -2.39. The summed E-state index contributed by atoms with van der Waals surface area (Å²) in [5.74, 6) is 0. The molecule has 3 nitrogen and oxygen atoms in total. The molecule has 0 heterocycles. The molecule has 0 aliphatic carbocycles. The van der Waals surface area contributed by atoms with Crippen molar-refractivity contribution < 1.29 is 4.79 Å². The molecule has 0 radical (unpaired) electrons. The minimum Gasteiger partial charge on any atom is -0.334 e. The van der Waals surface area contributed by atoms with Crippen LogP contribution in [-0.2, 0) is 6.54 Å². The first kappa shape index (κ1) is 14.1. The molecule has 0 saturated carbocycles. The monoisotopic (exact) mass is 268 g/mol. The first-order valence-corrected chi connectivity index (χ1v) is 6.87. The average Bonchev–Trinajstić information content (AvgIpc) is 2.48. The lowest BCUT2D eigenvalue weighted by molar-refractivity contribution is 0.246. The Balaban J connectivity index is 2.02. The zero-order valence-electron chi connectivity index (χ0n) is 12.0. The number of urea groups is 1. The van der Waals surface area contributed by atoms with Gasteiger partial charge >= 0.3 is 6.03 Å². The van der Waals surface area contributed by atoms with E-state index in [-0.39, 0.29) is 6.03 Å². The van der Waals surface area contributed by atoms with Crippen molar-refractivity contribution in [2.45, 2.75) is 20.4 Å². The van der Waals surface area contributed by atoms with Crippen molar-refractivity contribution in [2.75, 3.05) is 11.4 Å². The fraction of sp³-hybridized carbons (Fsp3) is 0.235. The lowest BCUT2D eigenvalue weighted by Gasteiger charge is -2.21. The summed E-state index contributed by atoms with van der Waals surface area (Å²) in [7, 11) is 0. The van der Waals surface area contributed by atoms with Gasteiger partial charge in [-0.05, 0) is 37.1 Å².